The van der Waals surface area contributed by atoms with Crippen LogP contribution in [0.5, 0.6) is 0 Å². The Morgan fingerprint density at radius 2 is 2.20 bits per heavy atom. The first-order valence-electron chi connectivity index (χ1n) is 9.26. The van der Waals surface area contributed by atoms with E-state index in [1.54, 1.807) is 0 Å². The van der Waals surface area contributed by atoms with Crippen molar-refractivity contribution in [3.05, 3.63) is 11.9 Å². The van der Waals surface area contributed by atoms with E-state index in [9.17, 15) is 0 Å². The number of ether oxygens (including phenoxy) is 1. The van der Waals surface area contributed by atoms with Gasteiger partial charge in [0.2, 0.25) is 5.95 Å². The zero-order valence-corrected chi connectivity index (χ0v) is 16.1. The van der Waals surface area contributed by atoms with E-state index in [1.807, 2.05) is 32.2 Å². The lowest BCUT2D eigenvalue weighted by Crippen LogP contribution is -2.52. The lowest BCUT2D eigenvalue weighted by Gasteiger charge is -2.45. The second-order valence-electron chi connectivity index (χ2n) is 7.58. The third kappa shape index (κ3) is 3.92. The minimum absolute atomic E-state index is 0.318. The highest BCUT2D eigenvalue weighted by Gasteiger charge is 2.38. The third-order valence-electron chi connectivity index (χ3n) is 5.46. The molecule has 0 aliphatic carbocycles. The minimum Gasteiger partial charge on any atom is -0.381 e. The number of anilines is 1. The molecule has 2 saturated heterocycles. The normalized spacial score (nSPS) is 24.6. The highest BCUT2D eigenvalue weighted by atomic mass is 16.5. The van der Waals surface area contributed by atoms with Crippen LogP contribution < -0.4 is 10.2 Å². The van der Waals surface area contributed by atoms with E-state index >= 15 is 0 Å². The molecule has 0 radical (unpaired) electrons. The fourth-order valence-electron chi connectivity index (χ4n) is 4.14. The predicted octanol–water partition coefficient (Wildman–Crippen LogP) is 1.45. The van der Waals surface area contributed by atoms with E-state index in [0.29, 0.717) is 5.41 Å². The molecule has 1 spiro atoms. The Bertz CT molecular complexity index is 597. The Morgan fingerprint density at radius 3 is 2.84 bits per heavy atom. The van der Waals surface area contributed by atoms with E-state index in [-0.39, 0.29) is 0 Å². The van der Waals surface area contributed by atoms with Gasteiger partial charge in [-0.1, -0.05) is 0 Å². The van der Waals surface area contributed by atoms with Gasteiger partial charge in [0.15, 0.2) is 5.96 Å². The van der Waals surface area contributed by atoms with Crippen LogP contribution in [0, 0.1) is 5.41 Å². The molecule has 7 heteroatoms. The van der Waals surface area contributed by atoms with Crippen LogP contribution in [0.2, 0.25) is 0 Å². The highest BCUT2D eigenvalue weighted by Crippen LogP contribution is 2.37. The molecule has 0 bridgehead atoms. The van der Waals surface area contributed by atoms with Crippen LogP contribution in [0.4, 0.5) is 5.95 Å². The van der Waals surface area contributed by atoms with Crippen molar-refractivity contribution in [3.8, 4) is 0 Å². The number of nitrogens with zero attached hydrogens (tertiary/aromatic N) is 5. The molecule has 3 heterocycles. The molecule has 140 valence electrons. The Hall–Kier alpha value is -1.76. The number of aromatic nitrogens is 2. The van der Waals surface area contributed by atoms with Gasteiger partial charge in [0, 0.05) is 53.3 Å². The lowest BCUT2D eigenvalue weighted by molar-refractivity contribution is -0.0370. The number of hydrogen-bond donors (Lipinski definition) is 1. The van der Waals surface area contributed by atoms with Gasteiger partial charge in [0.25, 0.3) is 0 Å². The number of likely N-dealkylation sites (tertiary alicyclic amines) is 1. The number of imidazole rings is 1. The van der Waals surface area contributed by atoms with E-state index in [2.05, 4.69) is 31.8 Å². The molecule has 1 aromatic heterocycles. The summed E-state index contributed by atoms with van der Waals surface area (Å²) in [5.74, 6) is 1.94. The third-order valence-corrected chi connectivity index (χ3v) is 5.46. The summed E-state index contributed by atoms with van der Waals surface area (Å²) >= 11 is 0. The summed E-state index contributed by atoms with van der Waals surface area (Å²) in [5, 5.41) is 3.53. The maximum Gasteiger partial charge on any atom is 0.204 e. The van der Waals surface area contributed by atoms with Crippen LogP contribution in [0.3, 0.4) is 0 Å². The molecule has 1 N–H and O–H groups in total. The van der Waals surface area contributed by atoms with Crippen LogP contribution in [-0.2, 0) is 18.3 Å². The summed E-state index contributed by atoms with van der Waals surface area (Å²) in [6.07, 6.45) is 6.87. The summed E-state index contributed by atoms with van der Waals surface area (Å²) < 4.78 is 7.91. The maximum atomic E-state index is 5.79. The number of aliphatic imine (C=N–C) groups is 1. The highest BCUT2D eigenvalue weighted by molar-refractivity contribution is 5.80. The van der Waals surface area contributed by atoms with Gasteiger partial charge in [0.05, 0.1) is 25.0 Å². The zero-order valence-electron chi connectivity index (χ0n) is 16.1. The first-order valence-corrected chi connectivity index (χ1v) is 9.26. The number of nitrogens with one attached hydrogen (secondary N) is 1. The van der Waals surface area contributed by atoms with Crippen LogP contribution >= 0.6 is 0 Å². The Kier molecular flexibility index (Phi) is 5.51. The monoisotopic (exact) mass is 348 g/mol. The fourth-order valence-corrected chi connectivity index (χ4v) is 4.14. The summed E-state index contributed by atoms with van der Waals surface area (Å²) in [6, 6.07) is 0. The van der Waals surface area contributed by atoms with Gasteiger partial charge in [-0.05, 0) is 25.7 Å². The predicted molar refractivity (Wildman–Crippen MR) is 101 cm³/mol. The maximum absolute atomic E-state index is 5.79. The smallest absolute Gasteiger partial charge is 0.204 e. The van der Waals surface area contributed by atoms with E-state index in [0.717, 1.165) is 50.4 Å². The van der Waals surface area contributed by atoms with Gasteiger partial charge in [0.1, 0.15) is 0 Å². The number of hydrogen-bond acceptors (Lipinski definition) is 4. The van der Waals surface area contributed by atoms with Gasteiger partial charge in [-0.3, -0.25) is 4.99 Å². The van der Waals surface area contributed by atoms with Crippen molar-refractivity contribution in [1.82, 2.24) is 19.8 Å². The molecule has 1 atom stereocenters. The molecule has 7 nitrogen and oxygen atoms in total. The number of piperidine rings is 1. The van der Waals surface area contributed by atoms with Crippen molar-refractivity contribution < 1.29 is 4.74 Å². The largest absolute Gasteiger partial charge is 0.381 e. The number of guanidine groups is 1. The molecule has 2 fully saturated rings. The van der Waals surface area contributed by atoms with Crippen molar-refractivity contribution in [2.45, 2.75) is 32.2 Å². The topological polar surface area (TPSA) is 57.9 Å². The van der Waals surface area contributed by atoms with Crippen molar-refractivity contribution in [2.75, 3.05) is 52.3 Å². The van der Waals surface area contributed by atoms with Crippen molar-refractivity contribution in [2.24, 2.45) is 17.5 Å². The molecule has 3 rings (SSSR count). The SMILES string of the molecule is CN=C(NCc1cnc(N(C)C)n1C)N1CCCC2(CCCOC2)C1. The van der Waals surface area contributed by atoms with Crippen LogP contribution in [0.15, 0.2) is 11.2 Å². The Labute approximate surface area is 151 Å². The van der Waals surface area contributed by atoms with Gasteiger partial charge >= 0.3 is 0 Å². The zero-order chi connectivity index (χ0) is 17.9. The lowest BCUT2D eigenvalue weighted by atomic mass is 9.76. The summed E-state index contributed by atoms with van der Waals surface area (Å²) in [5.41, 5.74) is 1.47. The molecule has 2 aliphatic heterocycles. The second-order valence-corrected chi connectivity index (χ2v) is 7.58. The van der Waals surface area contributed by atoms with Gasteiger partial charge in [-0.25, -0.2) is 4.98 Å². The molecule has 1 aromatic rings. The molecule has 1 unspecified atom stereocenters. The van der Waals surface area contributed by atoms with E-state index < -0.39 is 0 Å². The van der Waals surface area contributed by atoms with Crippen molar-refractivity contribution in [3.63, 3.8) is 0 Å². The summed E-state index contributed by atoms with van der Waals surface area (Å²) in [6.45, 7) is 4.65. The van der Waals surface area contributed by atoms with Gasteiger partial charge in [-0.2, -0.15) is 0 Å². The number of rotatable bonds is 3. The molecule has 25 heavy (non-hydrogen) atoms. The minimum atomic E-state index is 0.318. The first kappa shape index (κ1) is 18.0. The van der Waals surface area contributed by atoms with Gasteiger partial charge in [-0.15, -0.1) is 0 Å². The Morgan fingerprint density at radius 1 is 1.40 bits per heavy atom. The molecule has 2 aliphatic rings. The summed E-state index contributed by atoms with van der Waals surface area (Å²) in [7, 11) is 7.95. The molecule has 0 amide bonds. The first-order chi connectivity index (χ1) is 12.0. The molecular weight excluding hydrogens is 316 g/mol. The Balaban J connectivity index is 1.63. The van der Waals surface area contributed by atoms with Crippen LogP contribution in [0.1, 0.15) is 31.4 Å². The molecule has 0 aromatic carbocycles. The fraction of sp³-hybridized carbons (Fsp3) is 0.778. The van der Waals surface area contributed by atoms with Crippen molar-refractivity contribution in [1.29, 1.82) is 0 Å². The van der Waals surface area contributed by atoms with Gasteiger partial charge < -0.3 is 24.4 Å². The molecule has 0 saturated carbocycles. The van der Waals surface area contributed by atoms with E-state index in [4.69, 9.17) is 4.74 Å². The second kappa shape index (κ2) is 7.64. The summed E-state index contributed by atoms with van der Waals surface area (Å²) in [4.78, 5) is 13.4. The average molecular weight is 348 g/mol. The molecular formula is C18H32N6O. The van der Waals surface area contributed by atoms with Crippen LogP contribution in [0.25, 0.3) is 0 Å². The van der Waals surface area contributed by atoms with E-state index in [1.165, 1.54) is 25.7 Å². The van der Waals surface area contributed by atoms with Crippen LogP contribution in [-0.4, -0.2) is 67.9 Å². The standard InChI is InChI=1S/C18H32N6O/c1-19-16(20-11-15-12-21-17(22(2)3)23(15)4)24-9-5-7-18(13-24)8-6-10-25-14-18/h12H,5-11,13-14H2,1-4H3,(H,19,20). The quantitative estimate of drug-likeness (QED) is 0.662. The average Bonchev–Trinajstić information content (AvgIpc) is 2.97. The van der Waals surface area contributed by atoms with Crippen molar-refractivity contribution >= 4 is 11.9 Å².